The standard InChI is InChI=1S/C11H17NO6S/c13-12(14)18-7-5-16-11-8(6-17-10(7)11)19-9-3-1-2-4-15-9/h7-11H,1-6H2. The summed E-state index contributed by atoms with van der Waals surface area (Å²) in [6.07, 6.45) is 2.31. The number of hydrogen-bond donors (Lipinski definition) is 0. The molecule has 3 rings (SSSR count). The molecule has 3 aliphatic heterocycles. The highest BCUT2D eigenvalue weighted by Crippen LogP contribution is 2.38. The number of hydrogen-bond acceptors (Lipinski definition) is 7. The molecule has 0 bridgehead atoms. The van der Waals surface area contributed by atoms with Crippen molar-refractivity contribution < 1.29 is 24.1 Å². The van der Waals surface area contributed by atoms with Gasteiger partial charge in [-0.3, -0.25) is 0 Å². The highest BCUT2D eigenvalue weighted by atomic mass is 32.2. The van der Waals surface area contributed by atoms with Crippen LogP contribution in [0.3, 0.4) is 0 Å². The van der Waals surface area contributed by atoms with Gasteiger partial charge in [0.05, 0.1) is 18.5 Å². The van der Waals surface area contributed by atoms with Gasteiger partial charge in [-0.05, 0) is 19.3 Å². The first kappa shape index (κ1) is 13.4. The molecule has 8 heteroatoms. The third-order valence-electron chi connectivity index (χ3n) is 3.65. The number of nitrogens with zero attached hydrogens (tertiary/aromatic N) is 1. The van der Waals surface area contributed by atoms with Gasteiger partial charge in [0.2, 0.25) is 0 Å². The minimum Gasteiger partial charge on any atom is -0.372 e. The van der Waals surface area contributed by atoms with E-state index in [0.717, 1.165) is 19.4 Å². The number of thioether (sulfide) groups is 1. The summed E-state index contributed by atoms with van der Waals surface area (Å²) in [6.45, 7) is 1.57. The zero-order valence-electron chi connectivity index (χ0n) is 10.4. The predicted octanol–water partition coefficient (Wildman–Crippen LogP) is 0.989. The summed E-state index contributed by atoms with van der Waals surface area (Å²) in [5, 5.41) is 9.79. The minimum atomic E-state index is -0.773. The van der Waals surface area contributed by atoms with E-state index in [1.807, 2.05) is 0 Å². The summed E-state index contributed by atoms with van der Waals surface area (Å²) in [5.41, 5.74) is 0.195. The van der Waals surface area contributed by atoms with E-state index in [9.17, 15) is 10.1 Å². The Balaban J connectivity index is 1.54. The molecule has 3 saturated heterocycles. The second kappa shape index (κ2) is 5.82. The minimum absolute atomic E-state index is 0.125. The quantitative estimate of drug-likeness (QED) is 0.564. The fraction of sp³-hybridized carbons (Fsp3) is 1.00. The van der Waals surface area contributed by atoms with Crippen LogP contribution in [0, 0.1) is 10.1 Å². The van der Waals surface area contributed by atoms with Crippen molar-refractivity contribution >= 4 is 11.8 Å². The van der Waals surface area contributed by atoms with Gasteiger partial charge in [-0.1, -0.05) is 0 Å². The maximum absolute atomic E-state index is 10.4. The van der Waals surface area contributed by atoms with Crippen molar-refractivity contribution in [1.29, 1.82) is 0 Å². The normalized spacial score (nSPS) is 42.0. The van der Waals surface area contributed by atoms with Crippen LogP contribution in [-0.2, 0) is 19.0 Å². The molecule has 0 amide bonds. The molecule has 3 fully saturated rings. The topological polar surface area (TPSA) is 80.1 Å². The van der Waals surface area contributed by atoms with Gasteiger partial charge in [-0.15, -0.1) is 21.9 Å². The van der Waals surface area contributed by atoms with Gasteiger partial charge >= 0.3 is 0 Å². The lowest BCUT2D eigenvalue weighted by Crippen LogP contribution is -2.34. The molecule has 7 nitrogen and oxygen atoms in total. The maximum atomic E-state index is 10.4. The molecule has 5 unspecified atom stereocenters. The third kappa shape index (κ3) is 2.96. The van der Waals surface area contributed by atoms with Crippen LogP contribution in [0.15, 0.2) is 0 Å². The van der Waals surface area contributed by atoms with Crippen molar-refractivity contribution in [2.75, 3.05) is 19.8 Å². The lowest BCUT2D eigenvalue weighted by molar-refractivity contribution is -0.769. The second-order valence-electron chi connectivity index (χ2n) is 4.93. The summed E-state index contributed by atoms with van der Waals surface area (Å²) < 4.78 is 16.9. The molecule has 0 saturated carbocycles. The molecule has 3 aliphatic rings. The zero-order chi connectivity index (χ0) is 13.2. The Morgan fingerprint density at radius 1 is 1.16 bits per heavy atom. The van der Waals surface area contributed by atoms with Crippen LogP contribution in [0.4, 0.5) is 0 Å². The van der Waals surface area contributed by atoms with Gasteiger partial charge in [-0.25, -0.2) is 0 Å². The van der Waals surface area contributed by atoms with Crippen LogP contribution in [0.5, 0.6) is 0 Å². The molecule has 5 atom stereocenters. The van der Waals surface area contributed by atoms with E-state index in [1.165, 1.54) is 6.42 Å². The summed E-state index contributed by atoms with van der Waals surface area (Å²) in [5.74, 6) is 0. The van der Waals surface area contributed by atoms with E-state index in [0.29, 0.717) is 6.61 Å². The van der Waals surface area contributed by atoms with Gasteiger partial charge in [0.1, 0.15) is 17.6 Å². The van der Waals surface area contributed by atoms with Crippen LogP contribution in [0.1, 0.15) is 19.3 Å². The van der Waals surface area contributed by atoms with Crippen molar-refractivity contribution in [1.82, 2.24) is 0 Å². The Labute approximate surface area is 115 Å². The molecular weight excluding hydrogens is 274 g/mol. The van der Waals surface area contributed by atoms with Crippen LogP contribution in [0.2, 0.25) is 0 Å². The van der Waals surface area contributed by atoms with E-state index in [1.54, 1.807) is 11.8 Å². The molecule has 0 aromatic carbocycles. The zero-order valence-corrected chi connectivity index (χ0v) is 11.3. The van der Waals surface area contributed by atoms with Crippen molar-refractivity contribution in [2.45, 2.75) is 48.3 Å². The van der Waals surface area contributed by atoms with Crippen molar-refractivity contribution in [3.63, 3.8) is 0 Å². The molecule has 0 spiro atoms. The fourth-order valence-corrected chi connectivity index (χ4v) is 4.17. The van der Waals surface area contributed by atoms with Crippen molar-refractivity contribution in [3.05, 3.63) is 10.1 Å². The van der Waals surface area contributed by atoms with Crippen LogP contribution in [0.25, 0.3) is 0 Å². The Bertz CT molecular complexity index is 337. The van der Waals surface area contributed by atoms with E-state index in [2.05, 4.69) is 4.84 Å². The van der Waals surface area contributed by atoms with Gasteiger partial charge in [0.25, 0.3) is 5.09 Å². The average Bonchev–Trinajstić information content (AvgIpc) is 2.95. The number of fused-ring (bicyclic) bond motifs is 1. The molecule has 108 valence electrons. The van der Waals surface area contributed by atoms with Crippen molar-refractivity contribution in [2.24, 2.45) is 0 Å². The van der Waals surface area contributed by atoms with Crippen LogP contribution in [-0.4, -0.2) is 53.9 Å². The predicted molar refractivity (Wildman–Crippen MR) is 66.3 cm³/mol. The molecule has 19 heavy (non-hydrogen) atoms. The molecule has 0 aliphatic carbocycles. The summed E-state index contributed by atoms with van der Waals surface area (Å²) >= 11 is 1.73. The first-order chi connectivity index (χ1) is 9.24. The summed E-state index contributed by atoms with van der Waals surface area (Å²) in [6, 6.07) is 0. The molecule has 0 aromatic heterocycles. The first-order valence-electron chi connectivity index (χ1n) is 6.55. The Kier molecular flexibility index (Phi) is 4.11. The molecule has 0 aromatic rings. The molecule has 3 heterocycles. The lowest BCUT2D eigenvalue weighted by atomic mass is 10.1. The number of rotatable bonds is 4. The Morgan fingerprint density at radius 2 is 2.00 bits per heavy atom. The van der Waals surface area contributed by atoms with Crippen LogP contribution >= 0.6 is 11.8 Å². The van der Waals surface area contributed by atoms with Gasteiger partial charge in [0.15, 0.2) is 6.10 Å². The fourth-order valence-electron chi connectivity index (χ4n) is 2.76. The van der Waals surface area contributed by atoms with E-state index in [-0.39, 0.29) is 29.5 Å². The van der Waals surface area contributed by atoms with E-state index in [4.69, 9.17) is 14.2 Å². The summed E-state index contributed by atoms with van der Waals surface area (Å²) in [4.78, 5) is 15.0. The molecular formula is C11H17NO6S. The monoisotopic (exact) mass is 291 g/mol. The largest absolute Gasteiger partial charge is 0.372 e. The SMILES string of the molecule is O=[N+]([O-])OC1COC2C(SC3CCCCO3)COC12. The highest BCUT2D eigenvalue weighted by Gasteiger charge is 2.50. The van der Waals surface area contributed by atoms with E-state index >= 15 is 0 Å². The third-order valence-corrected chi connectivity index (χ3v) is 5.08. The first-order valence-corrected chi connectivity index (χ1v) is 7.50. The molecule has 0 radical (unpaired) electrons. The molecule has 0 N–H and O–H groups in total. The van der Waals surface area contributed by atoms with Crippen molar-refractivity contribution in [3.8, 4) is 0 Å². The summed E-state index contributed by atoms with van der Waals surface area (Å²) in [7, 11) is 0. The number of ether oxygens (including phenoxy) is 3. The van der Waals surface area contributed by atoms with Crippen LogP contribution < -0.4 is 0 Å². The van der Waals surface area contributed by atoms with Gasteiger partial charge in [-0.2, -0.15) is 0 Å². The van der Waals surface area contributed by atoms with Gasteiger partial charge < -0.3 is 19.0 Å². The highest BCUT2D eigenvalue weighted by molar-refractivity contribution is 8.00. The van der Waals surface area contributed by atoms with E-state index < -0.39 is 11.2 Å². The Hall–Kier alpha value is -0.570. The second-order valence-corrected chi connectivity index (χ2v) is 6.34. The average molecular weight is 291 g/mol. The smallest absolute Gasteiger partial charge is 0.294 e. The van der Waals surface area contributed by atoms with Gasteiger partial charge in [0, 0.05) is 6.61 Å². The lowest BCUT2D eigenvalue weighted by Gasteiger charge is -2.26. The Morgan fingerprint density at radius 3 is 2.74 bits per heavy atom. The maximum Gasteiger partial charge on any atom is 0.294 e.